The lowest BCUT2D eigenvalue weighted by molar-refractivity contribution is 0.511. The number of anilines is 1. The molecule has 2 fully saturated rings. The summed E-state index contributed by atoms with van der Waals surface area (Å²) in [6.45, 7) is 0. The van der Waals surface area contributed by atoms with Crippen molar-refractivity contribution in [2.75, 3.05) is 5.32 Å². The van der Waals surface area contributed by atoms with Gasteiger partial charge in [0.25, 0.3) is 0 Å². The molecule has 17 heavy (non-hydrogen) atoms. The molecule has 4 nitrogen and oxygen atoms in total. The van der Waals surface area contributed by atoms with E-state index in [-0.39, 0.29) is 0 Å². The van der Waals surface area contributed by atoms with Gasteiger partial charge in [-0.15, -0.1) is 0 Å². The maximum atomic E-state index is 5.90. The van der Waals surface area contributed by atoms with Crippen LogP contribution in [0.4, 0.5) is 5.82 Å². The molecule has 2 saturated carbocycles. The van der Waals surface area contributed by atoms with Gasteiger partial charge in [-0.2, -0.15) is 0 Å². The summed E-state index contributed by atoms with van der Waals surface area (Å²) in [5, 5.41) is 3.04. The standard InChI is InChI=1S/C13H18N4/c14-12(17-11-5-1-4-8-15-11)16-10-9-13(10)6-2-3-7-13/h1,4-5,8,10H,2-3,6-7,9H2,(H3,14,15,16,17). The predicted octanol–water partition coefficient (Wildman–Crippen LogP) is 2.14. The number of hydrogen-bond donors (Lipinski definition) is 2. The molecule has 4 heteroatoms. The van der Waals surface area contributed by atoms with Crippen molar-refractivity contribution in [3.05, 3.63) is 24.4 Å². The number of hydrogen-bond acceptors (Lipinski definition) is 2. The highest BCUT2D eigenvalue weighted by Gasteiger charge is 2.55. The van der Waals surface area contributed by atoms with E-state index < -0.39 is 0 Å². The highest BCUT2D eigenvalue weighted by molar-refractivity contribution is 5.91. The molecule has 0 radical (unpaired) electrons. The van der Waals surface area contributed by atoms with Crippen LogP contribution in [0.15, 0.2) is 29.4 Å². The minimum absolute atomic E-state index is 0.446. The number of rotatable bonds is 2. The van der Waals surface area contributed by atoms with Crippen molar-refractivity contribution in [3.63, 3.8) is 0 Å². The Balaban J connectivity index is 1.62. The third-order valence-electron chi connectivity index (χ3n) is 3.96. The van der Waals surface area contributed by atoms with Crippen molar-refractivity contribution < 1.29 is 0 Å². The summed E-state index contributed by atoms with van der Waals surface area (Å²) >= 11 is 0. The first-order chi connectivity index (χ1) is 8.28. The van der Waals surface area contributed by atoms with Gasteiger partial charge in [0.15, 0.2) is 5.96 Å². The van der Waals surface area contributed by atoms with Crippen molar-refractivity contribution in [1.82, 2.24) is 4.98 Å². The fourth-order valence-electron chi connectivity index (χ4n) is 2.89. The van der Waals surface area contributed by atoms with Gasteiger partial charge in [0.05, 0.1) is 6.04 Å². The van der Waals surface area contributed by atoms with Gasteiger partial charge in [0.1, 0.15) is 5.82 Å². The van der Waals surface area contributed by atoms with Gasteiger partial charge in [-0.3, -0.25) is 0 Å². The zero-order chi connectivity index (χ0) is 11.7. The number of nitrogens with two attached hydrogens (primary N) is 1. The van der Waals surface area contributed by atoms with Crippen LogP contribution < -0.4 is 11.1 Å². The quantitative estimate of drug-likeness (QED) is 0.604. The van der Waals surface area contributed by atoms with E-state index in [2.05, 4.69) is 15.3 Å². The third kappa shape index (κ3) is 2.12. The van der Waals surface area contributed by atoms with Crippen molar-refractivity contribution in [2.24, 2.45) is 16.1 Å². The predicted molar refractivity (Wildman–Crippen MR) is 68.8 cm³/mol. The van der Waals surface area contributed by atoms with Crippen LogP contribution in [0.5, 0.6) is 0 Å². The van der Waals surface area contributed by atoms with Crippen LogP contribution in [-0.4, -0.2) is 17.0 Å². The molecular formula is C13H18N4. The number of pyridine rings is 1. The van der Waals surface area contributed by atoms with Gasteiger partial charge in [-0.25, -0.2) is 9.98 Å². The number of aromatic nitrogens is 1. The molecule has 1 atom stereocenters. The number of nitrogens with zero attached hydrogens (tertiary/aromatic N) is 2. The molecule has 1 heterocycles. The molecule has 1 aromatic heterocycles. The molecule has 90 valence electrons. The van der Waals surface area contributed by atoms with Gasteiger partial charge < -0.3 is 11.1 Å². The van der Waals surface area contributed by atoms with Crippen LogP contribution in [0.25, 0.3) is 0 Å². The molecule has 3 N–H and O–H groups in total. The van der Waals surface area contributed by atoms with E-state index >= 15 is 0 Å². The van der Waals surface area contributed by atoms with E-state index in [0.29, 0.717) is 17.4 Å². The second-order valence-corrected chi connectivity index (χ2v) is 5.14. The van der Waals surface area contributed by atoms with Gasteiger partial charge in [-0.05, 0) is 36.8 Å². The van der Waals surface area contributed by atoms with Crippen LogP contribution in [0.1, 0.15) is 32.1 Å². The largest absolute Gasteiger partial charge is 0.370 e. The Kier molecular flexibility index (Phi) is 2.50. The molecule has 0 bridgehead atoms. The summed E-state index contributed by atoms with van der Waals surface area (Å²) in [4.78, 5) is 8.73. The van der Waals surface area contributed by atoms with E-state index in [4.69, 9.17) is 5.73 Å². The molecular weight excluding hydrogens is 212 g/mol. The lowest BCUT2D eigenvalue weighted by atomic mass is 10.1. The molecule has 0 amide bonds. The maximum absolute atomic E-state index is 5.90. The lowest BCUT2D eigenvalue weighted by Gasteiger charge is -2.06. The number of nitrogens with one attached hydrogen (secondary N) is 1. The van der Waals surface area contributed by atoms with Crippen LogP contribution in [0.2, 0.25) is 0 Å². The average molecular weight is 230 g/mol. The second-order valence-electron chi connectivity index (χ2n) is 5.14. The molecule has 0 aromatic carbocycles. The Hall–Kier alpha value is -1.58. The van der Waals surface area contributed by atoms with E-state index in [0.717, 1.165) is 5.82 Å². The molecule has 2 aliphatic rings. The summed E-state index contributed by atoms with van der Waals surface area (Å²) in [5.74, 6) is 1.26. The van der Waals surface area contributed by atoms with Crippen LogP contribution in [0, 0.1) is 5.41 Å². The van der Waals surface area contributed by atoms with Gasteiger partial charge in [0, 0.05) is 6.20 Å². The molecule has 0 saturated heterocycles. The normalized spacial score (nSPS) is 26.1. The minimum atomic E-state index is 0.446. The summed E-state index contributed by atoms with van der Waals surface area (Å²) in [5.41, 5.74) is 6.41. The first-order valence-electron chi connectivity index (χ1n) is 6.30. The van der Waals surface area contributed by atoms with E-state index in [1.165, 1.54) is 32.1 Å². The Morgan fingerprint density at radius 1 is 1.41 bits per heavy atom. The highest BCUT2D eigenvalue weighted by Crippen LogP contribution is 2.59. The van der Waals surface area contributed by atoms with E-state index in [9.17, 15) is 0 Å². The van der Waals surface area contributed by atoms with Gasteiger partial charge in [-0.1, -0.05) is 18.9 Å². The van der Waals surface area contributed by atoms with E-state index in [1.54, 1.807) is 6.20 Å². The Labute approximate surface area is 101 Å². The summed E-state index contributed by atoms with van der Waals surface area (Å²) < 4.78 is 0. The first-order valence-corrected chi connectivity index (χ1v) is 6.30. The average Bonchev–Trinajstić information content (AvgIpc) is 2.76. The highest BCUT2D eigenvalue weighted by atomic mass is 15.2. The topological polar surface area (TPSA) is 63.3 Å². The fourth-order valence-corrected chi connectivity index (χ4v) is 2.89. The van der Waals surface area contributed by atoms with Crippen LogP contribution >= 0.6 is 0 Å². The number of aliphatic imine (C=N–C) groups is 1. The molecule has 1 spiro atoms. The van der Waals surface area contributed by atoms with Crippen molar-refractivity contribution in [3.8, 4) is 0 Å². The smallest absolute Gasteiger partial charge is 0.194 e. The van der Waals surface area contributed by atoms with Crippen LogP contribution in [0.3, 0.4) is 0 Å². The Bertz CT molecular complexity index is 420. The van der Waals surface area contributed by atoms with Crippen LogP contribution in [-0.2, 0) is 0 Å². The van der Waals surface area contributed by atoms with Crippen molar-refractivity contribution in [1.29, 1.82) is 0 Å². The third-order valence-corrected chi connectivity index (χ3v) is 3.96. The second kappa shape index (κ2) is 4.02. The zero-order valence-electron chi connectivity index (χ0n) is 9.89. The lowest BCUT2D eigenvalue weighted by Crippen LogP contribution is -2.24. The Morgan fingerprint density at radius 3 is 2.94 bits per heavy atom. The summed E-state index contributed by atoms with van der Waals surface area (Å²) in [7, 11) is 0. The van der Waals surface area contributed by atoms with Crippen molar-refractivity contribution >= 4 is 11.8 Å². The first kappa shape index (κ1) is 10.6. The molecule has 1 unspecified atom stereocenters. The van der Waals surface area contributed by atoms with E-state index in [1.807, 2.05) is 18.2 Å². The number of guanidine groups is 1. The Morgan fingerprint density at radius 2 is 2.24 bits per heavy atom. The minimum Gasteiger partial charge on any atom is -0.370 e. The zero-order valence-corrected chi connectivity index (χ0v) is 9.89. The monoisotopic (exact) mass is 230 g/mol. The molecule has 3 rings (SSSR count). The summed E-state index contributed by atoms with van der Waals surface area (Å²) in [6.07, 6.45) is 8.35. The van der Waals surface area contributed by atoms with Gasteiger partial charge >= 0.3 is 0 Å². The van der Waals surface area contributed by atoms with Crippen molar-refractivity contribution in [2.45, 2.75) is 38.1 Å². The maximum Gasteiger partial charge on any atom is 0.194 e. The molecule has 2 aliphatic carbocycles. The molecule has 1 aromatic rings. The molecule has 0 aliphatic heterocycles. The fraction of sp³-hybridized carbons (Fsp3) is 0.538. The van der Waals surface area contributed by atoms with Gasteiger partial charge in [0.2, 0.25) is 0 Å². The summed E-state index contributed by atoms with van der Waals surface area (Å²) in [6, 6.07) is 6.15. The SMILES string of the molecule is NC(=NC1CC12CCCC2)Nc1ccccn1.